The van der Waals surface area contributed by atoms with E-state index >= 15 is 0 Å². The first-order chi connectivity index (χ1) is 7.58. The standard InChI is InChI=1S/C11H15FO3S/c1-15-9-5-7(4-8(12)6-9)11(14)10(13)2-3-16/h4-6,10-11,13-14,16H,2-3H2,1H3. The summed E-state index contributed by atoms with van der Waals surface area (Å²) in [5.74, 6) is 0.253. The smallest absolute Gasteiger partial charge is 0.127 e. The van der Waals surface area contributed by atoms with Gasteiger partial charge in [-0.15, -0.1) is 0 Å². The maximum Gasteiger partial charge on any atom is 0.127 e. The van der Waals surface area contributed by atoms with Crippen LogP contribution in [0.2, 0.25) is 0 Å². The van der Waals surface area contributed by atoms with Crippen molar-refractivity contribution in [1.82, 2.24) is 0 Å². The van der Waals surface area contributed by atoms with Crippen LogP contribution >= 0.6 is 12.6 Å². The zero-order valence-electron chi connectivity index (χ0n) is 8.93. The first kappa shape index (κ1) is 13.3. The molecule has 0 bridgehead atoms. The van der Waals surface area contributed by atoms with Crippen LogP contribution in [-0.2, 0) is 0 Å². The number of methoxy groups -OCH3 is 1. The Kier molecular flexibility index (Phi) is 5.05. The molecule has 0 aliphatic rings. The van der Waals surface area contributed by atoms with E-state index in [0.29, 0.717) is 23.5 Å². The molecule has 2 unspecified atom stereocenters. The van der Waals surface area contributed by atoms with Crippen molar-refractivity contribution in [2.75, 3.05) is 12.9 Å². The van der Waals surface area contributed by atoms with Crippen molar-refractivity contribution >= 4 is 12.6 Å². The first-order valence-electron chi connectivity index (χ1n) is 4.90. The summed E-state index contributed by atoms with van der Waals surface area (Å²) in [5.41, 5.74) is 0.297. The van der Waals surface area contributed by atoms with Crippen LogP contribution in [0, 0.1) is 5.82 Å². The molecule has 0 saturated carbocycles. The lowest BCUT2D eigenvalue weighted by atomic mass is 10.0. The Hall–Kier alpha value is -0.780. The van der Waals surface area contributed by atoms with Crippen molar-refractivity contribution < 1.29 is 19.3 Å². The second kappa shape index (κ2) is 6.08. The fraction of sp³-hybridized carbons (Fsp3) is 0.455. The third kappa shape index (κ3) is 3.37. The van der Waals surface area contributed by atoms with Gasteiger partial charge in [0.05, 0.1) is 13.2 Å². The lowest BCUT2D eigenvalue weighted by Crippen LogP contribution is -2.18. The van der Waals surface area contributed by atoms with Gasteiger partial charge >= 0.3 is 0 Å². The molecule has 2 N–H and O–H groups in total. The minimum atomic E-state index is -1.13. The van der Waals surface area contributed by atoms with Crippen molar-refractivity contribution in [1.29, 1.82) is 0 Å². The Labute approximate surface area is 99.3 Å². The van der Waals surface area contributed by atoms with Gasteiger partial charge in [0.1, 0.15) is 17.7 Å². The molecule has 90 valence electrons. The number of hydrogen-bond acceptors (Lipinski definition) is 4. The highest BCUT2D eigenvalue weighted by molar-refractivity contribution is 7.80. The van der Waals surface area contributed by atoms with E-state index < -0.39 is 18.0 Å². The molecule has 16 heavy (non-hydrogen) atoms. The molecule has 5 heteroatoms. The predicted molar refractivity (Wildman–Crippen MR) is 62.4 cm³/mol. The zero-order valence-corrected chi connectivity index (χ0v) is 9.82. The number of hydrogen-bond donors (Lipinski definition) is 3. The molecule has 0 amide bonds. The van der Waals surface area contributed by atoms with E-state index in [1.165, 1.54) is 25.3 Å². The fourth-order valence-electron chi connectivity index (χ4n) is 1.39. The Balaban J connectivity index is 2.89. The zero-order chi connectivity index (χ0) is 12.1. The molecule has 0 radical (unpaired) electrons. The second-order valence-electron chi connectivity index (χ2n) is 3.45. The Morgan fingerprint density at radius 1 is 1.38 bits per heavy atom. The molecule has 1 aromatic rings. The number of benzene rings is 1. The monoisotopic (exact) mass is 246 g/mol. The van der Waals surface area contributed by atoms with Gasteiger partial charge < -0.3 is 14.9 Å². The molecule has 0 fully saturated rings. The third-order valence-corrected chi connectivity index (χ3v) is 2.52. The van der Waals surface area contributed by atoms with E-state index in [1.54, 1.807) is 0 Å². The molecule has 0 aliphatic heterocycles. The topological polar surface area (TPSA) is 49.7 Å². The van der Waals surface area contributed by atoms with E-state index in [2.05, 4.69) is 12.6 Å². The molecule has 3 nitrogen and oxygen atoms in total. The second-order valence-corrected chi connectivity index (χ2v) is 3.90. The number of rotatable bonds is 5. The summed E-state index contributed by atoms with van der Waals surface area (Å²) < 4.78 is 18.0. The number of halogens is 1. The average Bonchev–Trinajstić information content (AvgIpc) is 2.27. The SMILES string of the molecule is COc1cc(F)cc(C(O)C(O)CCS)c1. The molecule has 1 aromatic carbocycles. The summed E-state index contributed by atoms with van der Waals surface area (Å²) in [6, 6.07) is 3.88. The molecule has 0 spiro atoms. The van der Waals surface area contributed by atoms with E-state index in [0.717, 1.165) is 0 Å². The molecular formula is C11H15FO3S. The van der Waals surface area contributed by atoms with Gasteiger partial charge in [0.25, 0.3) is 0 Å². The molecule has 0 heterocycles. The van der Waals surface area contributed by atoms with Crippen molar-refractivity contribution in [3.8, 4) is 5.75 Å². The third-order valence-electron chi connectivity index (χ3n) is 2.26. The van der Waals surface area contributed by atoms with Gasteiger partial charge in [0.2, 0.25) is 0 Å². The normalized spacial score (nSPS) is 14.6. The molecule has 0 aliphatic carbocycles. The Morgan fingerprint density at radius 3 is 2.62 bits per heavy atom. The van der Waals surface area contributed by atoms with E-state index in [-0.39, 0.29) is 0 Å². The first-order valence-corrected chi connectivity index (χ1v) is 5.53. The van der Waals surface area contributed by atoms with Crippen molar-refractivity contribution in [2.45, 2.75) is 18.6 Å². The predicted octanol–water partition coefficient (Wildman–Crippen LogP) is 1.55. The summed E-state index contributed by atoms with van der Waals surface area (Å²) in [4.78, 5) is 0. The van der Waals surface area contributed by atoms with Crippen molar-refractivity contribution in [3.05, 3.63) is 29.6 Å². The molecule has 1 rings (SSSR count). The van der Waals surface area contributed by atoms with Crippen LogP contribution < -0.4 is 4.74 Å². The summed E-state index contributed by atoms with van der Waals surface area (Å²) >= 11 is 3.96. The number of ether oxygens (including phenoxy) is 1. The maximum absolute atomic E-state index is 13.1. The summed E-state index contributed by atoms with van der Waals surface area (Å²) in [6.07, 6.45) is -1.75. The Bertz CT molecular complexity index is 346. The van der Waals surface area contributed by atoms with Gasteiger partial charge in [0.15, 0.2) is 0 Å². The highest BCUT2D eigenvalue weighted by Crippen LogP contribution is 2.24. The fourth-order valence-corrected chi connectivity index (χ4v) is 1.65. The van der Waals surface area contributed by atoms with Crippen LogP contribution in [0.25, 0.3) is 0 Å². The Morgan fingerprint density at radius 2 is 2.06 bits per heavy atom. The van der Waals surface area contributed by atoms with Crippen LogP contribution in [0.3, 0.4) is 0 Å². The summed E-state index contributed by atoms with van der Waals surface area (Å²) in [5, 5.41) is 19.3. The van der Waals surface area contributed by atoms with Crippen LogP contribution in [0.15, 0.2) is 18.2 Å². The van der Waals surface area contributed by atoms with E-state index in [4.69, 9.17) is 4.74 Å². The highest BCUT2D eigenvalue weighted by atomic mass is 32.1. The average molecular weight is 246 g/mol. The van der Waals surface area contributed by atoms with Crippen LogP contribution in [-0.4, -0.2) is 29.2 Å². The lowest BCUT2D eigenvalue weighted by Gasteiger charge is -2.18. The van der Waals surface area contributed by atoms with Gasteiger partial charge in [-0.05, 0) is 29.9 Å². The van der Waals surface area contributed by atoms with Crippen LogP contribution in [0.4, 0.5) is 4.39 Å². The number of aliphatic hydroxyl groups excluding tert-OH is 2. The lowest BCUT2D eigenvalue weighted by molar-refractivity contribution is 0.0170. The number of thiol groups is 1. The van der Waals surface area contributed by atoms with Crippen LogP contribution in [0.5, 0.6) is 5.75 Å². The molecular weight excluding hydrogens is 231 g/mol. The number of aliphatic hydroxyl groups is 2. The highest BCUT2D eigenvalue weighted by Gasteiger charge is 2.18. The summed E-state index contributed by atoms with van der Waals surface area (Å²) in [6.45, 7) is 0. The maximum atomic E-state index is 13.1. The summed E-state index contributed by atoms with van der Waals surface area (Å²) in [7, 11) is 1.41. The molecule has 0 aromatic heterocycles. The van der Waals surface area contributed by atoms with Gasteiger partial charge in [0, 0.05) is 6.07 Å². The van der Waals surface area contributed by atoms with Gasteiger partial charge in [-0.2, -0.15) is 12.6 Å². The van der Waals surface area contributed by atoms with Gasteiger partial charge in [-0.25, -0.2) is 4.39 Å². The largest absolute Gasteiger partial charge is 0.497 e. The van der Waals surface area contributed by atoms with Crippen LogP contribution in [0.1, 0.15) is 18.1 Å². The van der Waals surface area contributed by atoms with E-state index in [1.807, 2.05) is 0 Å². The van der Waals surface area contributed by atoms with Crippen molar-refractivity contribution in [2.24, 2.45) is 0 Å². The van der Waals surface area contributed by atoms with Gasteiger partial charge in [-0.1, -0.05) is 0 Å². The minimum Gasteiger partial charge on any atom is -0.497 e. The van der Waals surface area contributed by atoms with Crippen molar-refractivity contribution in [3.63, 3.8) is 0 Å². The van der Waals surface area contributed by atoms with Gasteiger partial charge in [-0.3, -0.25) is 0 Å². The molecule has 2 atom stereocenters. The van der Waals surface area contributed by atoms with E-state index in [9.17, 15) is 14.6 Å². The molecule has 0 saturated heterocycles. The quantitative estimate of drug-likeness (QED) is 0.691. The minimum absolute atomic E-state index is 0.297.